The second-order valence-corrected chi connectivity index (χ2v) is 7.08. The summed E-state index contributed by atoms with van der Waals surface area (Å²) in [4.78, 5) is 16.2. The van der Waals surface area contributed by atoms with Crippen LogP contribution in [0.3, 0.4) is 0 Å². The molecule has 1 N–H and O–H groups in total. The number of piperidine rings is 1. The molecule has 6 nitrogen and oxygen atoms in total. The molecule has 110 valence electrons. The Hall–Kier alpha value is -1.47. The molecule has 20 heavy (non-hydrogen) atoms. The molecule has 1 atom stereocenters. The van der Waals surface area contributed by atoms with E-state index in [9.17, 15) is 13.2 Å². The molecule has 1 aromatic heterocycles. The van der Waals surface area contributed by atoms with Gasteiger partial charge in [0, 0.05) is 24.8 Å². The Labute approximate surface area is 119 Å². The molecule has 2 heterocycles. The number of hydrogen-bond donors (Lipinski definition) is 1. The zero-order chi connectivity index (χ0) is 14.8. The molecule has 1 aliphatic heterocycles. The summed E-state index contributed by atoms with van der Waals surface area (Å²) in [5.74, 6) is -0.256. The van der Waals surface area contributed by atoms with Crippen LogP contribution in [0.25, 0.3) is 0 Å². The number of carbonyl (C=O) groups is 1. The fraction of sp³-hybridized carbons (Fsp3) is 0.538. The lowest BCUT2D eigenvalue weighted by atomic mass is 10.1. The highest BCUT2D eigenvalue weighted by molar-refractivity contribution is 7.88. The van der Waals surface area contributed by atoms with E-state index in [1.807, 2.05) is 13.0 Å². The molecule has 7 heteroatoms. The fourth-order valence-corrected chi connectivity index (χ4v) is 3.20. The van der Waals surface area contributed by atoms with Crippen LogP contribution in [0.2, 0.25) is 0 Å². The van der Waals surface area contributed by atoms with Gasteiger partial charge >= 0.3 is 0 Å². The van der Waals surface area contributed by atoms with Crippen LogP contribution in [0.1, 0.15) is 29.0 Å². The Kier molecular flexibility index (Phi) is 4.39. The topological polar surface area (TPSA) is 79.4 Å². The first-order valence-electron chi connectivity index (χ1n) is 6.56. The number of nitrogens with zero attached hydrogens (tertiary/aromatic N) is 2. The number of amides is 1. The van der Waals surface area contributed by atoms with Crippen molar-refractivity contribution in [1.29, 1.82) is 0 Å². The maximum atomic E-state index is 12.1. The normalized spacial score (nSPS) is 20.6. The van der Waals surface area contributed by atoms with Crippen LogP contribution >= 0.6 is 0 Å². The van der Waals surface area contributed by atoms with Crippen molar-refractivity contribution in [2.45, 2.75) is 25.8 Å². The molecule has 0 aliphatic carbocycles. The molecule has 2 rings (SSSR count). The summed E-state index contributed by atoms with van der Waals surface area (Å²) < 4.78 is 24.5. The maximum absolute atomic E-state index is 12.1. The van der Waals surface area contributed by atoms with Gasteiger partial charge in [0.2, 0.25) is 10.0 Å². The summed E-state index contributed by atoms with van der Waals surface area (Å²) in [6.07, 6.45) is 2.72. The van der Waals surface area contributed by atoms with Gasteiger partial charge in [0.05, 0.1) is 6.26 Å². The molecule has 1 saturated heterocycles. The highest BCUT2D eigenvalue weighted by Gasteiger charge is 2.27. The van der Waals surface area contributed by atoms with Gasteiger partial charge in [0.1, 0.15) is 5.69 Å². The molecule has 0 spiro atoms. The standard InChI is InChI=1S/C13H19N3O3S/c1-10-5-3-7-12(14-10)13(17)15-11-6-4-8-16(9-11)20(2,18)19/h3,5,7,11H,4,6,8-9H2,1-2H3,(H,15,17). The number of sulfonamides is 1. The van der Waals surface area contributed by atoms with Crippen molar-refractivity contribution in [2.75, 3.05) is 19.3 Å². The van der Waals surface area contributed by atoms with Gasteiger partial charge in [-0.25, -0.2) is 17.7 Å². The third-order valence-corrected chi connectivity index (χ3v) is 4.58. The minimum atomic E-state index is -3.20. The second kappa shape index (κ2) is 5.88. The van der Waals surface area contributed by atoms with Gasteiger partial charge in [0.15, 0.2) is 0 Å². The number of pyridine rings is 1. The first-order chi connectivity index (χ1) is 9.36. The van der Waals surface area contributed by atoms with E-state index in [0.29, 0.717) is 18.8 Å². The van der Waals surface area contributed by atoms with Gasteiger partial charge in [-0.15, -0.1) is 0 Å². The fourth-order valence-electron chi connectivity index (χ4n) is 2.29. The zero-order valence-electron chi connectivity index (χ0n) is 11.7. The van der Waals surface area contributed by atoms with E-state index in [0.717, 1.165) is 18.5 Å². The van der Waals surface area contributed by atoms with E-state index >= 15 is 0 Å². The number of aryl methyl sites for hydroxylation is 1. The second-order valence-electron chi connectivity index (χ2n) is 5.10. The number of nitrogens with one attached hydrogen (secondary N) is 1. The van der Waals surface area contributed by atoms with Gasteiger partial charge in [-0.2, -0.15) is 0 Å². The molecular weight excluding hydrogens is 278 g/mol. The zero-order valence-corrected chi connectivity index (χ0v) is 12.5. The summed E-state index contributed by atoms with van der Waals surface area (Å²) >= 11 is 0. The van der Waals surface area contributed by atoms with Gasteiger partial charge in [-0.05, 0) is 31.9 Å². The highest BCUT2D eigenvalue weighted by atomic mass is 32.2. The van der Waals surface area contributed by atoms with Gasteiger partial charge in [-0.3, -0.25) is 4.79 Å². The largest absolute Gasteiger partial charge is 0.347 e. The molecule has 0 radical (unpaired) electrons. The van der Waals surface area contributed by atoms with Crippen LogP contribution in [0, 0.1) is 6.92 Å². The molecule has 1 fully saturated rings. The average molecular weight is 297 g/mol. The Morgan fingerprint density at radius 1 is 1.45 bits per heavy atom. The molecule has 1 amide bonds. The predicted molar refractivity (Wildman–Crippen MR) is 75.9 cm³/mol. The maximum Gasteiger partial charge on any atom is 0.270 e. The number of aromatic nitrogens is 1. The van der Waals surface area contributed by atoms with Crippen LogP contribution in [-0.2, 0) is 10.0 Å². The van der Waals surface area contributed by atoms with Crippen molar-refractivity contribution in [3.8, 4) is 0 Å². The minimum absolute atomic E-state index is 0.159. The van der Waals surface area contributed by atoms with E-state index in [-0.39, 0.29) is 11.9 Å². The van der Waals surface area contributed by atoms with Gasteiger partial charge < -0.3 is 5.32 Å². The van der Waals surface area contributed by atoms with E-state index in [1.54, 1.807) is 12.1 Å². The Morgan fingerprint density at radius 3 is 2.85 bits per heavy atom. The monoisotopic (exact) mass is 297 g/mol. The third kappa shape index (κ3) is 3.77. The quantitative estimate of drug-likeness (QED) is 0.883. The molecular formula is C13H19N3O3S. The number of hydrogen-bond acceptors (Lipinski definition) is 4. The van der Waals surface area contributed by atoms with Crippen molar-refractivity contribution in [2.24, 2.45) is 0 Å². The lowest BCUT2D eigenvalue weighted by molar-refractivity contribution is 0.0916. The van der Waals surface area contributed by atoms with Crippen LogP contribution in [0.4, 0.5) is 0 Å². The van der Waals surface area contributed by atoms with E-state index in [4.69, 9.17) is 0 Å². The molecule has 0 aromatic carbocycles. The Morgan fingerprint density at radius 2 is 2.20 bits per heavy atom. The first kappa shape index (κ1) is 14.9. The molecule has 1 aromatic rings. The van der Waals surface area contributed by atoms with Crippen molar-refractivity contribution < 1.29 is 13.2 Å². The summed E-state index contributed by atoms with van der Waals surface area (Å²) in [5, 5.41) is 2.86. The molecule has 0 bridgehead atoms. The SMILES string of the molecule is Cc1cccc(C(=O)NC2CCCN(S(C)(=O)=O)C2)n1. The van der Waals surface area contributed by atoms with Crippen LogP contribution < -0.4 is 5.32 Å². The minimum Gasteiger partial charge on any atom is -0.347 e. The molecule has 0 saturated carbocycles. The van der Waals surface area contributed by atoms with E-state index in [2.05, 4.69) is 10.3 Å². The van der Waals surface area contributed by atoms with E-state index in [1.165, 1.54) is 10.6 Å². The number of carbonyl (C=O) groups excluding carboxylic acids is 1. The molecule has 1 aliphatic rings. The summed E-state index contributed by atoms with van der Waals surface area (Å²) in [6, 6.07) is 5.09. The van der Waals surface area contributed by atoms with Crippen LogP contribution in [0.15, 0.2) is 18.2 Å². The predicted octanol–water partition coefficient (Wildman–Crippen LogP) is 0.544. The number of rotatable bonds is 3. The lowest BCUT2D eigenvalue weighted by Gasteiger charge is -2.31. The van der Waals surface area contributed by atoms with Crippen molar-refractivity contribution in [1.82, 2.24) is 14.6 Å². The highest BCUT2D eigenvalue weighted by Crippen LogP contribution is 2.13. The van der Waals surface area contributed by atoms with Gasteiger partial charge in [-0.1, -0.05) is 6.07 Å². The van der Waals surface area contributed by atoms with E-state index < -0.39 is 10.0 Å². The Balaban J connectivity index is 2.01. The van der Waals surface area contributed by atoms with Crippen molar-refractivity contribution >= 4 is 15.9 Å². The lowest BCUT2D eigenvalue weighted by Crippen LogP contribution is -2.49. The molecule has 1 unspecified atom stereocenters. The van der Waals surface area contributed by atoms with Crippen LogP contribution in [0.5, 0.6) is 0 Å². The summed E-state index contributed by atoms with van der Waals surface area (Å²) in [5.41, 5.74) is 1.14. The first-order valence-corrected chi connectivity index (χ1v) is 8.41. The Bertz CT molecular complexity index is 601. The van der Waals surface area contributed by atoms with Crippen LogP contribution in [-0.4, -0.2) is 49.0 Å². The smallest absolute Gasteiger partial charge is 0.270 e. The summed E-state index contributed by atoms with van der Waals surface area (Å²) in [6.45, 7) is 2.67. The van der Waals surface area contributed by atoms with Crippen molar-refractivity contribution in [3.63, 3.8) is 0 Å². The third-order valence-electron chi connectivity index (χ3n) is 3.31. The summed E-state index contributed by atoms with van der Waals surface area (Å²) in [7, 11) is -3.20. The average Bonchev–Trinajstić information content (AvgIpc) is 2.38. The van der Waals surface area contributed by atoms with Gasteiger partial charge in [0.25, 0.3) is 5.91 Å². The van der Waals surface area contributed by atoms with Crippen molar-refractivity contribution in [3.05, 3.63) is 29.6 Å².